The predicted octanol–water partition coefficient (Wildman–Crippen LogP) is 2.46. The van der Waals surface area contributed by atoms with Crippen molar-refractivity contribution in [1.29, 1.82) is 5.41 Å². The van der Waals surface area contributed by atoms with Crippen molar-refractivity contribution in [3.8, 4) is 0 Å². The Morgan fingerprint density at radius 2 is 1.83 bits per heavy atom. The van der Waals surface area contributed by atoms with Gasteiger partial charge in [-0.25, -0.2) is 5.06 Å². The summed E-state index contributed by atoms with van der Waals surface area (Å²) in [6.07, 6.45) is -1.30. The van der Waals surface area contributed by atoms with Crippen LogP contribution in [-0.2, 0) is 4.74 Å². The number of aliphatic hydroxyl groups is 1. The summed E-state index contributed by atoms with van der Waals surface area (Å²) in [7, 11) is 0. The number of hydrogen-bond donors (Lipinski definition) is 5. The minimum atomic E-state index is -0.826. The standard InChI is InChI=1S/C21H26N4O3S/c1-21(13-25(27)19(22)15-8-4-2-5-9-15)14-28-17(18(21)26)12-23-20(29)24-16-10-6-3-7-11-16/h2-11,17-18,22,26-27H,12-14H2,1H3,(H2,23,24,29)/t17-,18-,21-/m1/s1. The van der Waals surface area contributed by atoms with Gasteiger partial charge in [-0.1, -0.05) is 55.5 Å². The van der Waals surface area contributed by atoms with Crippen molar-refractivity contribution in [1.82, 2.24) is 10.4 Å². The Kier molecular flexibility index (Phi) is 6.81. The molecular weight excluding hydrogens is 388 g/mol. The van der Waals surface area contributed by atoms with Crippen LogP contribution >= 0.6 is 12.2 Å². The van der Waals surface area contributed by atoms with Crippen LogP contribution in [0.4, 0.5) is 5.69 Å². The van der Waals surface area contributed by atoms with Crippen molar-refractivity contribution in [3.63, 3.8) is 0 Å². The lowest BCUT2D eigenvalue weighted by molar-refractivity contribution is -0.0670. The first-order valence-corrected chi connectivity index (χ1v) is 9.80. The van der Waals surface area contributed by atoms with Crippen molar-refractivity contribution < 1.29 is 15.1 Å². The van der Waals surface area contributed by atoms with Crippen LogP contribution < -0.4 is 10.6 Å². The Morgan fingerprint density at radius 3 is 2.48 bits per heavy atom. The normalized spacial score (nSPS) is 23.4. The maximum Gasteiger partial charge on any atom is 0.170 e. The van der Waals surface area contributed by atoms with Crippen molar-refractivity contribution >= 4 is 28.9 Å². The molecule has 3 rings (SSSR count). The Hall–Kier alpha value is -2.52. The number of nitrogens with zero attached hydrogens (tertiary/aromatic N) is 1. The summed E-state index contributed by atoms with van der Waals surface area (Å²) in [5, 5.41) is 36.8. The molecule has 1 aliphatic heterocycles. The Labute approximate surface area is 175 Å². The van der Waals surface area contributed by atoms with E-state index in [9.17, 15) is 10.3 Å². The first-order valence-electron chi connectivity index (χ1n) is 9.39. The molecular formula is C21H26N4O3S. The van der Waals surface area contributed by atoms with Gasteiger partial charge in [-0.2, -0.15) is 0 Å². The van der Waals surface area contributed by atoms with Crippen LogP contribution in [0.15, 0.2) is 60.7 Å². The Bertz CT molecular complexity index is 836. The molecule has 29 heavy (non-hydrogen) atoms. The summed E-state index contributed by atoms with van der Waals surface area (Å²) < 4.78 is 5.76. The Balaban J connectivity index is 1.52. The molecule has 0 unspecified atom stereocenters. The lowest BCUT2D eigenvalue weighted by Crippen LogP contribution is -2.47. The molecule has 154 valence electrons. The highest BCUT2D eigenvalue weighted by Gasteiger charge is 2.46. The summed E-state index contributed by atoms with van der Waals surface area (Å²) in [6.45, 7) is 2.50. The largest absolute Gasteiger partial charge is 0.390 e. The molecule has 0 radical (unpaired) electrons. The molecule has 0 bridgehead atoms. The number of benzene rings is 2. The molecule has 0 saturated carbocycles. The van der Waals surface area contributed by atoms with Gasteiger partial charge in [0, 0.05) is 23.2 Å². The first-order chi connectivity index (χ1) is 13.9. The van der Waals surface area contributed by atoms with Gasteiger partial charge in [0.25, 0.3) is 0 Å². The van der Waals surface area contributed by atoms with Crippen molar-refractivity contribution in [2.45, 2.75) is 19.1 Å². The zero-order valence-corrected chi connectivity index (χ0v) is 17.0. The van der Waals surface area contributed by atoms with Gasteiger partial charge in [0.15, 0.2) is 10.9 Å². The molecule has 2 aromatic rings. The summed E-state index contributed by atoms with van der Waals surface area (Å²) in [4.78, 5) is 0. The number of anilines is 1. The van der Waals surface area contributed by atoms with Crippen LogP contribution in [0.25, 0.3) is 0 Å². The molecule has 7 nitrogen and oxygen atoms in total. The van der Waals surface area contributed by atoms with Crippen LogP contribution in [0.2, 0.25) is 0 Å². The minimum Gasteiger partial charge on any atom is -0.390 e. The van der Waals surface area contributed by atoms with E-state index in [-0.39, 0.29) is 19.0 Å². The number of ether oxygens (including phenoxy) is 1. The quantitative estimate of drug-likeness (QED) is 0.214. The van der Waals surface area contributed by atoms with E-state index in [1.807, 2.05) is 43.3 Å². The summed E-state index contributed by atoms with van der Waals surface area (Å²) in [6, 6.07) is 18.5. The topological polar surface area (TPSA) is 101 Å². The number of hydrogen-bond acceptors (Lipinski definition) is 5. The maximum absolute atomic E-state index is 10.8. The van der Waals surface area contributed by atoms with Gasteiger partial charge >= 0.3 is 0 Å². The van der Waals surface area contributed by atoms with E-state index in [1.165, 1.54) is 0 Å². The number of thiocarbonyl (C=S) groups is 1. The van der Waals surface area contributed by atoms with Gasteiger partial charge in [0.1, 0.15) is 6.10 Å². The average molecular weight is 415 g/mol. The molecule has 5 N–H and O–H groups in total. The van der Waals surface area contributed by atoms with Crippen LogP contribution in [0.1, 0.15) is 12.5 Å². The van der Waals surface area contributed by atoms with Crippen LogP contribution in [0, 0.1) is 10.8 Å². The maximum atomic E-state index is 10.8. The van der Waals surface area contributed by atoms with Crippen LogP contribution in [-0.4, -0.2) is 58.2 Å². The molecule has 1 fully saturated rings. The van der Waals surface area contributed by atoms with E-state index >= 15 is 0 Å². The van der Waals surface area contributed by atoms with E-state index in [2.05, 4.69) is 10.6 Å². The molecule has 8 heteroatoms. The summed E-state index contributed by atoms with van der Waals surface area (Å²) in [5.41, 5.74) is 0.747. The highest BCUT2D eigenvalue weighted by Crippen LogP contribution is 2.33. The van der Waals surface area contributed by atoms with Gasteiger partial charge in [0.2, 0.25) is 0 Å². The molecule has 0 spiro atoms. The lowest BCUT2D eigenvalue weighted by atomic mass is 9.84. The predicted molar refractivity (Wildman–Crippen MR) is 116 cm³/mol. The van der Waals surface area contributed by atoms with Crippen molar-refractivity contribution in [3.05, 3.63) is 66.2 Å². The lowest BCUT2D eigenvalue weighted by Gasteiger charge is -2.32. The number of aliphatic hydroxyl groups excluding tert-OH is 1. The molecule has 1 saturated heterocycles. The smallest absolute Gasteiger partial charge is 0.170 e. The second-order valence-electron chi connectivity index (χ2n) is 7.42. The number of rotatable bonds is 6. The zero-order valence-electron chi connectivity index (χ0n) is 16.2. The monoisotopic (exact) mass is 414 g/mol. The third kappa shape index (κ3) is 5.30. The molecule has 2 aromatic carbocycles. The van der Waals surface area contributed by atoms with E-state index in [0.717, 1.165) is 10.8 Å². The van der Waals surface area contributed by atoms with Crippen molar-refractivity contribution in [2.75, 3.05) is 25.0 Å². The average Bonchev–Trinajstić information content (AvgIpc) is 3.01. The van der Waals surface area contributed by atoms with E-state index in [0.29, 0.717) is 17.2 Å². The fourth-order valence-electron chi connectivity index (χ4n) is 3.29. The van der Waals surface area contributed by atoms with Crippen LogP contribution in [0.5, 0.6) is 0 Å². The summed E-state index contributed by atoms with van der Waals surface area (Å²) in [5.74, 6) is -0.0196. The second kappa shape index (κ2) is 9.32. The number of para-hydroxylation sites is 1. The van der Waals surface area contributed by atoms with Gasteiger partial charge in [-0.15, -0.1) is 0 Å². The first kappa shape index (κ1) is 21.2. The fraction of sp³-hybridized carbons (Fsp3) is 0.333. The molecule has 0 aromatic heterocycles. The van der Waals surface area contributed by atoms with E-state index in [4.69, 9.17) is 22.4 Å². The molecule has 0 amide bonds. The van der Waals surface area contributed by atoms with Gasteiger partial charge in [0.05, 0.1) is 19.3 Å². The number of hydroxylamine groups is 2. The third-order valence-corrected chi connectivity index (χ3v) is 5.25. The zero-order chi connectivity index (χ0) is 20.9. The van der Waals surface area contributed by atoms with Gasteiger partial charge in [-0.3, -0.25) is 10.6 Å². The van der Waals surface area contributed by atoms with Gasteiger partial charge < -0.3 is 20.5 Å². The highest BCUT2D eigenvalue weighted by atomic mass is 32.1. The second-order valence-corrected chi connectivity index (χ2v) is 7.83. The number of nitrogens with one attached hydrogen (secondary N) is 3. The molecule has 3 atom stereocenters. The molecule has 1 aliphatic rings. The van der Waals surface area contributed by atoms with Crippen LogP contribution in [0.3, 0.4) is 0 Å². The number of amidine groups is 1. The minimum absolute atomic E-state index is 0.0196. The Morgan fingerprint density at radius 1 is 1.21 bits per heavy atom. The SMILES string of the molecule is C[C@@]1(CN(O)C(=N)c2ccccc2)CO[C@H](CNC(=S)Nc2ccccc2)[C@H]1O. The fourth-order valence-corrected chi connectivity index (χ4v) is 3.49. The van der Waals surface area contributed by atoms with E-state index < -0.39 is 17.6 Å². The van der Waals surface area contributed by atoms with Crippen molar-refractivity contribution in [2.24, 2.45) is 5.41 Å². The van der Waals surface area contributed by atoms with Gasteiger partial charge in [-0.05, 0) is 24.4 Å². The molecule has 1 heterocycles. The van der Waals surface area contributed by atoms with E-state index in [1.54, 1.807) is 24.3 Å². The summed E-state index contributed by atoms with van der Waals surface area (Å²) >= 11 is 5.29. The third-order valence-electron chi connectivity index (χ3n) is 5.01. The molecule has 0 aliphatic carbocycles. The highest BCUT2D eigenvalue weighted by molar-refractivity contribution is 7.80.